The second kappa shape index (κ2) is 3.87. The fourth-order valence-electron chi connectivity index (χ4n) is 1.85. The molecule has 1 amide bonds. The number of hydrogen-bond donors (Lipinski definition) is 1. The molecule has 0 aliphatic carbocycles. The highest BCUT2D eigenvalue weighted by molar-refractivity contribution is 5.85. The molecule has 82 valence electrons. The second-order valence-corrected chi connectivity index (χ2v) is 4.84. The van der Waals surface area contributed by atoms with Crippen molar-refractivity contribution in [3.63, 3.8) is 0 Å². The zero-order valence-electron chi connectivity index (χ0n) is 9.58. The summed E-state index contributed by atoms with van der Waals surface area (Å²) in [6, 6.07) is 0.329. The van der Waals surface area contributed by atoms with E-state index < -0.39 is 5.54 Å². The number of amides is 1. The van der Waals surface area contributed by atoms with Gasteiger partial charge in [-0.25, -0.2) is 0 Å². The Morgan fingerprint density at radius 3 is 2.50 bits per heavy atom. The number of rotatable bonds is 2. The van der Waals surface area contributed by atoms with Gasteiger partial charge in [-0.1, -0.05) is 0 Å². The summed E-state index contributed by atoms with van der Waals surface area (Å²) in [5, 5.41) is 0. The van der Waals surface area contributed by atoms with E-state index in [2.05, 4.69) is 11.9 Å². The molecular formula is C10H21N3O. The lowest BCUT2D eigenvalue weighted by atomic mass is 10.0. The van der Waals surface area contributed by atoms with Gasteiger partial charge in [-0.2, -0.15) is 0 Å². The van der Waals surface area contributed by atoms with Crippen molar-refractivity contribution >= 4 is 5.91 Å². The van der Waals surface area contributed by atoms with E-state index in [1.54, 1.807) is 18.7 Å². The molecular weight excluding hydrogens is 178 g/mol. The van der Waals surface area contributed by atoms with Crippen LogP contribution in [0, 0.1) is 0 Å². The highest BCUT2D eigenvalue weighted by atomic mass is 16.2. The largest absolute Gasteiger partial charge is 0.340 e. The Bertz CT molecular complexity index is 222. The van der Waals surface area contributed by atoms with Crippen molar-refractivity contribution in [3.8, 4) is 0 Å². The average Bonchev–Trinajstić information content (AvgIpc) is 2.47. The zero-order chi connectivity index (χ0) is 10.9. The van der Waals surface area contributed by atoms with E-state index >= 15 is 0 Å². The first-order chi connectivity index (χ1) is 6.32. The minimum Gasteiger partial charge on any atom is -0.340 e. The maximum atomic E-state index is 11.8. The average molecular weight is 199 g/mol. The van der Waals surface area contributed by atoms with E-state index in [4.69, 9.17) is 5.73 Å². The molecule has 0 aromatic carbocycles. The Labute approximate surface area is 86.0 Å². The smallest absolute Gasteiger partial charge is 0.242 e. The number of likely N-dealkylation sites (N-methyl/N-ethyl adjacent to an activating group) is 2. The first-order valence-corrected chi connectivity index (χ1v) is 5.07. The second-order valence-electron chi connectivity index (χ2n) is 4.84. The molecule has 1 unspecified atom stereocenters. The van der Waals surface area contributed by atoms with Gasteiger partial charge in [0, 0.05) is 19.6 Å². The number of nitrogens with two attached hydrogens (primary N) is 1. The number of hydrogen-bond acceptors (Lipinski definition) is 3. The maximum absolute atomic E-state index is 11.8. The van der Waals surface area contributed by atoms with Crippen molar-refractivity contribution in [3.05, 3.63) is 0 Å². The summed E-state index contributed by atoms with van der Waals surface area (Å²) in [6.45, 7) is 5.53. The molecule has 1 rings (SSSR count). The number of nitrogens with zero attached hydrogens (tertiary/aromatic N) is 2. The van der Waals surface area contributed by atoms with Crippen LogP contribution in [0.5, 0.6) is 0 Å². The number of carbonyl (C=O) groups is 1. The fourth-order valence-corrected chi connectivity index (χ4v) is 1.85. The van der Waals surface area contributed by atoms with Gasteiger partial charge in [0.15, 0.2) is 0 Å². The Morgan fingerprint density at radius 1 is 1.57 bits per heavy atom. The van der Waals surface area contributed by atoms with Crippen molar-refractivity contribution in [1.82, 2.24) is 9.80 Å². The van der Waals surface area contributed by atoms with E-state index in [1.807, 2.05) is 7.05 Å². The molecule has 0 spiro atoms. The van der Waals surface area contributed by atoms with Crippen LogP contribution in [0.25, 0.3) is 0 Å². The van der Waals surface area contributed by atoms with Crippen LogP contribution in [-0.4, -0.2) is 54.5 Å². The molecule has 1 aliphatic heterocycles. The third-order valence-electron chi connectivity index (χ3n) is 2.79. The molecule has 0 aromatic rings. The third kappa shape index (κ3) is 2.45. The van der Waals surface area contributed by atoms with Crippen LogP contribution in [-0.2, 0) is 4.79 Å². The zero-order valence-corrected chi connectivity index (χ0v) is 9.58. The van der Waals surface area contributed by atoms with Gasteiger partial charge in [0.25, 0.3) is 0 Å². The predicted octanol–water partition coefficient (Wildman–Crippen LogP) is -0.114. The molecule has 0 radical (unpaired) electrons. The lowest BCUT2D eigenvalue weighted by Gasteiger charge is -2.30. The van der Waals surface area contributed by atoms with Gasteiger partial charge >= 0.3 is 0 Å². The van der Waals surface area contributed by atoms with Crippen LogP contribution in [0.4, 0.5) is 0 Å². The summed E-state index contributed by atoms with van der Waals surface area (Å²) < 4.78 is 0. The molecule has 4 nitrogen and oxygen atoms in total. The molecule has 4 heteroatoms. The molecule has 1 atom stereocenters. The summed E-state index contributed by atoms with van der Waals surface area (Å²) in [5.74, 6) is 0.0257. The van der Waals surface area contributed by atoms with E-state index in [-0.39, 0.29) is 5.91 Å². The summed E-state index contributed by atoms with van der Waals surface area (Å²) in [7, 11) is 3.92. The van der Waals surface area contributed by atoms with Crippen LogP contribution >= 0.6 is 0 Å². The SMILES string of the molecule is CN1CCC(N(C)C(=O)C(C)(C)N)C1. The number of likely N-dealkylation sites (tertiary alicyclic amines) is 1. The first-order valence-electron chi connectivity index (χ1n) is 5.07. The molecule has 14 heavy (non-hydrogen) atoms. The highest BCUT2D eigenvalue weighted by Crippen LogP contribution is 2.15. The lowest BCUT2D eigenvalue weighted by molar-refractivity contribution is -0.136. The third-order valence-corrected chi connectivity index (χ3v) is 2.79. The van der Waals surface area contributed by atoms with E-state index in [0.717, 1.165) is 19.5 Å². The topological polar surface area (TPSA) is 49.6 Å². The van der Waals surface area contributed by atoms with Crippen LogP contribution < -0.4 is 5.73 Å². The standard InChI is InChI=1S/C10H21N3O/c1-10(2,11)9(14)13(4)8-5-6-12(3)7-8/h8H,5-7,11H2,1-4H3. The van der Waals surface area contributed by atoms with Gasteiger partial charge in [-0.3, -0.25) is 4.79 Å². The molecule has 1 aliphatic rings. The molecule has 0 bridgehead atoms. The Balaban J connectivity index is 2.57. The fraction of sp³-hybridized carbons (Fsp3) is 0.900. The van der Waals surface area contributed by atoms with E-state index in [0.29, 0.717) is 6.04 Å². The van der Waals surface area contributed by atoms with Gasteiger partial charge in [0.1, 0.15) is 0 Å². The van der Waals surface area contributed by atoms with Crippen LogP contribution in [0.2, 0.25) is 0 Å². The quantitative estimate of drug-likeness (QED) is 0.675. The number of carbonyl (C=O) groups excluding carboxylic acids is 1. The van der Waals surface area contributed by atoms with Gasteiger partial charge in [-0.05, 0) is 33.9 Å². The minimum atomic E-state index is -0.754. The summed E-state index contributed by atoms with van der Waals surface area (Å²) in [4.78, 5) is 15.9. The summed E-state index contributed by atoms with van der Waals surface area (Å²) in [6.07, 6.45) is 1.05. The molecule has 1 heterocycles. The van der Waals surface area contributed by atoms with Gasteiger partial charge in [-0.15, -0.1) is 0 Å². The Kier molecular flexibility index (Phi) is 3.17. The van der Waals surface area contributed by atoms with Crippen molar-refractivity contribution in [2.75, 3.05) is 27.2 Å². The van der Waals surface area contributed by atoms with Crippen LogP contribution in [0.3, 0.4) is 0 Å². The molecule has 1 saturated heterocycles. The van der Waals surface area contributed by atoms with Crippen molar-refractivity contribution in [1.29, 1.82) is 0 Å². The molecule has 1 fully saturated rings. The van der Waals surface area contributed by atoms with E-state index in [9.17, 15) is 4.79 Å². The van der Waals surface area contributed by atoms with Crippen LogP contribution in [0.15, 0.2) is 0 Å². The minimum absolute atomic E-state index is 0.0257. The van der Waals surface area contributed by atoms with Gasteiger partial charge in [0.2, 0.25) is 5.91 Å². The highest BCUT2D eigenvalue weighted by Gasteiger charge is 2.32. The van der Waals surface area contributed by atoms with Crippen molar-refractivity contribution in [2.45, 2.75) is 31.8 Å². The van der Waals surface area contributed by atoms with Crippen molar-refractivity contribution < 1.29 is 4.79 Å². The lowest BCUT2D eigenvalue weighted by Crippen LogP contribution is -2.53. The Hall–Kier alpha value is -0.610. The summed E-state index contributed by atoms with van der Waals surface area (Å²) >= 11 is 0. The van der Waals surface area contributed by atoms with Crippen molar-refractivity contribution in [2.24, 2.45) is 5.73 Å². The molecule has 0 aromatic heterocycles. The van der Waals surface area contributed by atoms with Gasteiger partial charge < -0.3 is 15.5 Å². The maximum Gasteiger partial charge on any atom is 0.242 e. The van der Waals surface area contributed by atoms with Crippen LogP contribution in [0.1, 0.15) is 20.3 Å². The Morgan fingerprint density at radius 2 is 2.14 bits per heavy atom. The van der Waals surface area contributed by atoms with Gasteiger partial charge in [0.05, 0.1) is 5.54 Å². The normalized spacial score (nSPS) is 23.9. The summed E-state index contributed by atoms with van der Waals surface area (Å²) in [5.41, 5.74) is 5.02. The molecule has 0 saturated carbocycles. The predicted molar refractivity (Wildman–Crippen MR) is 56.9 cm³/mol. The van der Waals surface area contributed by atoms with E-state index in [1.165, 1.54) is 0 Å². The first kappa shape index (κ1) is 11.5. The molecule has 2 N–H and O–H groups in total. The monoisotopic (exact) mass is 199 g/mol.